The van der Waals surface area contributed by atoms with Crippen LogP contribution in [0.15, 0.2) is 66.7 Å². The lowest BCUT2D eigenvalue weighted by atomic mass is 9.88. The summed E-state index contributed by atoms with van der Waals surface area (Å²) in [6, 6.07) is 24.3. The molecular weight excluding hydrogens is 292 g/mol. The van der Waals surface area contributed by atoms with E-state index in [1.165, 1.54) is 48.7 Å². The van der Waals surface area contributed by atoms with Gasteiger partial charge in [0.05, 0.1) is 0 Å². The average molecular weight is 310 g/mol. The van der Waals surface area contributed by atoms with E-state index in [-0.39, 0.29) is 6.61 Å². The second-order valence-corrected chi connectivity index (χ2v) is 6.54. The Balaban J connectivity index is 2.03. The van der Waals surface area contributed by atoms with Crippen LogP contribution < -0.4 is 0 Å². The van der Waals surface area contributed by atoms with Crippen molar-refractivity contribution in [2.75, 3.05) is 6.61 Å². The zero-order chi connectivity index (χ0) is 16.1. The molecule has 0 aliphatic rings. The Morgan fingerprint density at radius 3 is 1.88 bits per heavy atom. The molecule has 24 heavy (non-hydrogen) atoms. The number of aryl methyl sites for hydroxylation is 1. The summed E-state index contributed by atoms with van der Waals surface area (Å²) in [5.74, 6) is 0. The maximum absolute atomic E-state index is 9.20. The Morgan fingerprint density at radius 1 is 0.583 bits per heavy atom. The first-order valence-corrected chi connectivity index (χ1v) is 8.56. The molecule has 5 aromatic carbocycles. The third kappa shape index (κ3) is 1.79. The zero-order valence-electron chi connectivity index (χ0n) is 13.4. The smallest absolute Gasteiger partial charge is 0.0434 e. The van der Waals surface area contributed by atoms with Crippen molar-refractivity contribution in [2.24, 2.45) is 0 Å². The zero-order valence-corrected chi connectivity index (χ0v) is 13.4. The fraction of sp³-hybridized carbons (Fsp3) is 0.130. The molecule has 0 heterocycles. The molecule has 0 aliphatic heterocycles. The second kappa shape index (κ2) is 5.19. The van der Waals surface area contributed by atoms with Gasteiger partial charge in [0, 0.05) is 6.61 Å². The van der Waals surface area contributed by atoms with Crippen LogP contribution >= 0.6 is 0 Å². The predicted octanol–water partition coefficient (Wildman–Crippen LogP) is 5.66. The van der Waals surface area contributed by atoms with Crippen molar-refractivity contribution in [3.05, 3.63) is 72.3 Å². The normalized spacial score (nSPS) is 12.0. The van der Waals surface area contributed by atoms with Gasteiger partial charge in [-0.05, 0) is 61.5 Å². The maximum atomic E-state index is 9.20. The summed E-state index contributed by atoms with van der Waals surface area (Å²) in [4.78, 5) is 0. The Morgan fingerprint density at radius 2 is 1.17 bits per heavy atom. The summed E-state index contributed by atoms with van der Waals surface area (Å²) in [5.41, 5.74) is 1.33. The molecule has 1 nitrogen and oxygen atoms in total. The van der Waals surface area contributed by atoms with Gasteiger partial charge in [-0.15, -0.1) is 0 Å². The van der Waals surface area contributed by atoms with Gasteiger partial charge in [0.15, 0.2) is 0 Å². The van der Waals surface area contributed by atoms with Crippen LogP contribution in [-0.2, 0) is 6.42 Å². The number of fused-ring (bicyclic) bond motifs is 2. The number of aliphatic hydroxyl groups excluding tert-OH is 1. The molecule has 0 radical (unpaired) electrons. The standard InChI is InChI=1S/C23H18O/c24-14-4-7-15-12-13-21-19-10-2-6-16-5-1-9-18(22(16)19)20-11-3-8-17(15)23(20)21/h1-3,5-6,8-13,24H,4,7,14H2. The van der Waals surface area contributed by atoms with Gasteiger partial charge in [0.2, 0.25) is 0 Å². The first-order valence-electron chi connectivity index (χ1n) is 8.56. The molecular formula is C23H18O. The van der Waals surface area contributed by atoms with Crippen molar-refractivity contribution in [3.8, 4) is 0 Å². The minimum Gasteiger partial charge on any atom is -0.396 e. The minimum absolute atomic E-state index is 0.241. The molecule has 0 bridgehead atoms. The summed E-state index contributed by atoms with van der Waals surface area (Å²) in [5, 5.41) is 19.9. The van der Waals surface area contributed by atoms with E-state index < -0.39 is 0 Å². The number of aliphatic hydroxyl groups is 1. The third-order valence-electron chi connectivity index (χ3n) is 5.22. The summed E-state index contributed by atoms with van der Waals surface area (Å²) in [7, 11) is 0. The Bertz CT molecular complexity index is 1140. The van der Waals surface area contributed by atoms with Crippen molar-refractivity contribution in [1.82, 2.24) is 0 Å². The predicted molar refractivity (Wildman–Crippen MR) is 103 cm³/mol. The SMILES string of the molecule is OCCCc1ccc2c3cccc4cccc(c5cccc1c52)c43. The molecule has 0 atom stereocenters. The van der Waals surface area contributed by atoms with E-state index in [2.05, 4.69) is 66.7 Å². The lowest BCUT2D eigenvalue weighted by molar-refractivity contribution is 0.289. The quantitative estimate of drug-likeness (QED) is 0.336. The largest absolute Gasteiger partial charge is 0.396 e. The van der Waals surface area contributed by atoms with E-state index in [1.807, 2.05) is 0 Å². The fourth-order valence-electron chi connectivity index (χ4n) is 4.19. The highest BCUT2D eigenvalue weighted by molar-refractivity contribution is 6.33. The molecule has 0 fully saturated rings. The van der Waals surface area contributed by atoms with Crippen LogP contribution in [-0.4, -0.2) is 11.7 Å². The van der Waals surface area contributed by atoms with E-state index in [0.717, 1.165) is 12.8 Å². The minimum atomic E-state index is 0.241. The Labute approximate surface area is 140 Å². The molecule has 1 heteroatoms. The van der Waals surface area contributed by atoms with Crippen LogP contribution in [0.5, 0.6) is 0 Å². The van der Waals surface area contributed by atoms with Crippen molar-refractivity contribution in [3.63, 3.8) is 0 Å². The van der Waals surface area contributed by atoms with Crippen LogP contribution in [0, 0.1) is 0 Å². The summed E-state index contributed by atoms with van der Waals surface area (Å²) in [6.07, 6.45) is 1.73. The Kier molecular flexibility index (Phi) is 2.97. The van der Waals surface area contributed by atoms with Crippen LogP contribution in [0.25, 0.3) is 43.1 Å². The first kappa shape index (κ1) is 13.8. The number of benzene rings is 5. The summed E-state index contributed by atoms with van der Waals surface area (Å²) < 4.78 is 0. The van der Waals surface area contributed by atoms with Crippen LogP contribution in [0.4, 0.5) is 0 Å². The van der Waals surface area contributed by atoms with E-state index in [9.17, 15) is 5.11 Å². The van der Waals surface area contributed by atoms with Gasteiger partial charge >= 0.3 is 0 Å². The highest BCUT2D eigenvalue weighted by Gasteiger charge is 2.13. The first-order chi connectivity index (χ1) is 11.9. The van der Waals surface area contributed by atoms with Crippen molar-refractivity contribution >= 4 is 43.1 Å². The second-order valence-electron chi connectivity index (χ2n) is 6.54. The maximum Gasteiger partial charge on any atom is 0.0434 e. The van der Waals surface area contributed by atoms with Crippen molar-refractivity contribution < 1.29 is 5.11 Å². The lowest BCUT2D eigenvalue weighted by Crippen LogP contribution is -1.93. The lowest BCUT2D eigenvalue weighted by Gasteiger charge is -2.16. The van der Waals surface area contributed by atoms with E-state index in [1.54, 1.807) is 0 Å². The molecule has 0 unspecified atom stereocenters. The van der Waals surface area contributed by atoms with Gasteiger partial charge in [0.1, 0.15) is 0 Å². The van der Waals surface area contributed by atoms with Gasteiger partial charge in [-0.1, -0.05) is 66.7 Å². The van der Waals surface area contributed by atoms with Crippen LogP contribution in [0.3, 0.4) is 0 Å². The van der Waals surface area contributed by atoms with Crippen LogP contribution in [0.1, 0.15) is 12.0 Å². The molecule has 0 spiro atoms. The van der Waals surface area contributed by atoms with Crippen molar-refractivity contribution in [1.29, 1.82) is 0 Å². The molecule has 0 aliphatic carbocycles. The topological polar surface area (TPSA) is 20.2 Å². The number of hydrogen-bond donors (Lipinski definition) is 1. The highest BCUT2D eigenvalue weighted by atomic mass is 16.2. The third-order valence-corrected chi connectivity index (χ3v) is 5.22. The van der Waals surface area contributed by atoms with Gasteiger partial charge in [0.25, 0.3) is 0 Å². The molecule has 5 rings (SSSR count). The number of rotatable bonds is 3. The molecule has 0 saturated heterocycles. The van der Waals surface area contributed by atoms with E-state index >= 15 is 0 Å². The van der Waals surface area contributed by atoms with Crippen LogP contribution in [0.2, 0.25) is 0 Å². The molecule has 5 aromatic rings. The average Bonchev–Trinajstić information content (AvgIpc) is 2.64. The summed E-state index contributed by atoms with van der Waals surface area (Å²) >= 11 is 0. The summed E-state index contributed by atoms with van der Waals surface area (Å²) in [6.45, 7) is 0.241. The van der Waals surface area contributed by atoms with Gasteiger partial charge in [-0.25, -0.2) is 0 Å². The van der Waals surface area contributed by atoms with Gasteiger partial charge in [-0.2, -0.15) is 0 Å². The van der Waals surface area contributed by atoms with E-state index in [4.69, 9.17) is 0 Å². The van der Waals surface area contributed by atoms with Gasteiger partial charge in [-0.3, -0.25) is 0 Å². The highest BCUT2D eigenvalue weighted by Crippen LogP contribution is 2.40. The fourth-order valence-corrected chi connectivity index (χ4v) is 4.19. The van der Waals surface area contributed by atoms with E-state index in [0.29, 0.717) is 0 Å². The van der Waals surface area contributed by atoms with Crippen molar-refractivity contribution in [2.45, 2.75) is 12.8 Å². The molecule has 0 saturated carbocycles. The molecule has 1 N–H and O–H groups in total. The van der Waals surface area contributed by atoms with Gasteiger partial charge < -0.3 is 5.11 Å². The molecule has 116 valence electrons. The number of hydrogen-bond acceptors (Lipinski definition) is 1. The molecule has 0 aromatic heterocycles. The monoisotopic (exact) mass is 310 g/mol. The molecule has 0 amide bonds. The Hall–Kier alpha value is -2.64.